The Bertz CT molecular complexity index is 355. The van der Waals surface area contributed by atoms with E-state index in [-0.39, 0.29) is 10.1 Å². The quantitative estimate of drug-likeness (QED) is 0.636. The minimum absolute atomic E-state index is 0.217. The fourth-order valence-electron chi connectivity index (χ4n) is 1.72. The molecule has 0 saturated carbocycles. The summed E-state index contributed by atoms with van der Waals surface area (Å²) >= 11 is 3.48. The second kappa shape index (κ2) is 2.95. The summed E-state index contributed by atoms with van der Waals surface area (Å²) in [6, 6.07) is 7.86. The molecule has 1 aromatic rings. The lowest BCUT2D eigenvalue weighted by atomic mass is 9.84. The first kappa shape index (κ1) is 8.95. The summed E-state index contributed by atoms with van der Waals surface area (Å²) in [6.07, 6.45) is 1.88. The van der Waals surface area contributed by atoms with Crippen LogP contribution in [0, 0.1) is 0 Å². The molecule has 1 atom stereocenters. The molecule has 0 N–H and O–H groups in total. The van der Waals surface area contributed by atoms with Crippen molar-refractivity contribution >= 4 is 21.7 Å². The van der Waals surface area contributed by atoms with Gasteiger partial charge >= 0.3 is 0 Å². The molecule has 13 heavy (non-hydrogen) atoms. The normalized spacial score (nSPS) is 27.1. The Kier molecular flexibility index (Phi) is 2.03. The molecule has 1 aliphatic rings. The van der Waals surface area contributed by atoms with E-state index in [0.717, 1.165) is 18.4 Å². The van der Waals surface area contributed by atoms with E-state index in [1.54, 1.807) is 0 Å². The van der Waals surface area contributed by atoms with Crippen molar-refractivity contribution in [3.8, 4) is 0 Å². The van der Waals surface area contributed by atoms with Gasteiger partial charge in [-0.05, 0) is 25.3 Å². The van der Waals surface area contributed by atoms with E-state index >= 15 is 0 Å². The van der Waals surface area contributed by atoms with Crippen LogP contribution in [0.2, 0.25) is 0 Å². The van der Waals surface area contributed by atoms with Gasteiger partial charge in [0.05, 0.1) is 4.32 Å². The molecule has 2 heteroatoms. The molecule has 0 radical (unpaired) electrons. The van der Waals surface area contributed by atoms with E-state index in [2.05, 4.69) is 15.9 Å². The van der Waals surface area contributed by atoms with E-state index in [0.29, 0.717) is 0 Å². The van der Waals surface area contributed by atoms with Gasteiger partial charge in [0.25, 0.3) is 0 Å². The summed E-state index contributed by atoms with van der Waals surface area (Å²) in [5.74, 6) is 0.217. The third kappa shape index (κ3) is 1.44. The first-order valence-electron chi connectivity index (χ1n) is 4.43. The Labute approximate surface area is 86.3 Å². The van der Waals surface area contributed by atoms with Crippen LogP contribution < -0.4 is 0 Å². The summed E-state index contributed by atoms with van der Waals surface area (Å²) in [5.41, 5.74) is 2.07. The van der Waals surface area contributed by atoms with Crippen LogP contribution in [0.4, 0.5) is 0 Å². The van der Waals surface area contributed by atoms with Crippen LogP contribution in [0.3, 0.4) is 0 Å². The average molecular weight is 239 g/mol. The highest BCUT2D eigenvalue weighted by atomic mass is 79.9. The monoisotopic (exact) mass is 238 g/mol. The molecule has 0 fully saturated rings. The molecule has 1 aromatic carbocycles. The van der Waals surface area contributed by atoms with Gasteiger partial charge in [0.1, 0.15) is 0 Å². The van der Waals surface area contributed by atoms with Crippen molar-refractivity contribution in [1.82, 2.24) is 0 Å². The summed E-state index contributed by atoms with van der Waals surface area (Å²) in [5, 5.41) is 0. The first-order valence-corrected chi connectivity index (χ1v) is 5.22. The van der Waals surface area contributed by atoms with Crippen LogP contribution in [0.25, 0.3) is 0 Å². The minimum atomic E-state index is -0.346. The number of carbonyl (C=O) groups is 1. The number of ketones is 1. The molecule has 0 bridgehead atoms. The van der Waals surface area contributed by atoms with Crippen molar-refractivity contribution in [2.24, 2.45) is 0 Å². The van der Waals surface area contributed by atoms with Crippen molar-refractivity contribution in [2.45, 2.75) is 24.1 Å². The average Bonchev–Trinajstić information content (AvgIpc) is 2.13. The third-order valence-corrected chi connectivity index (χ3v) is 3.36. The van der Waals surface area contributed by atoms with E-state index in [9.17, 15) is 4.79 Å². The van der Waals surface area contributed by atoms with Gasteiger partial charge in [-0.15, -0.1) is 0 Å². The van der Waals surface area contributed by atoms with Crippen molar-refractivity contribution in [3.63, 3.8) is 0 Å². The molecule has 0 saturated heterocycles. The maximum absolute atomic E-state index is 11.9. The number of alkyl halides is 1. The lowest BCUT2D eigenvalue weighted by molar-refractivity contribution is 0.0940. The van der Waals surface area contributed by atoms with Crippen LogP contribution in [0.5, 0.6) is 0 Å². The van der Waals surface area contributed by atoms with Crippen molar-refractivity contribution in [2.75, 3.05) is 0 Å². The van der Waals surface area contributed by atoms with E-state index in [1.165, 1.54) is 5.56 Å². The number of hydrogen-bond acceptors (Lipinski definition) is 1. The van der Waals surface area contributed by atoms with E-state index in [4.69, 9.17) is 0 Å². The van der Waals surface area contributed by atoms with Gasteiger partial charge in [0, 0.05) is 5.56 Å². The fourth-order valence-corrected chi connectivity index (χ4v) is 2.14. The Morgan fingerprint density at radius 3 is 2.85 bits per heavy atom. The number of aryl methyl sites for hydroxylation is 1. The zero-order valence-electron chi connectivity index (χ0n) is 7.51. The van der Waals surface area contributed by atoms with E-state index < -0.39 is 0 Å². The number of Topliss-reactive ketones (excluding diaryl/α,β-unsaturated/α-hetero) is 1. The first-order chi connectivity index (χ1) is 6.11. The molecule has 0 spiro atoms. The molecular formula is C11H11BrO. The summed E-state index contributed by atoms with van der Waals surface area (Å²) in [6.45, 7) is 1.95. The molecule has 2 rings (SSSR count). The van der Waals surface area contributed by atoms with Gasteiger partial charge in [0.15, 0.2) is 5.78 Å². The second-order valence-corrected chi connectivity index (χ2v) is 5.43. The van der Waals surface area contributed by atoms with Crippen LogP contribution in [0.15, 0.2) is 24.3 Å². The van der Waals surface area contributed by atoms with Crippen LogP contribution in [0.1, 0.15) is 29.3 Å². The SMILES string of the molecule is CC1(Br)CCc2ccccc2C1=O. The zero-order valence-corrected chi connectivity index (χ0v) is 9.10. The molecule has 0 aliphatic heterocycles. The highest BCUT2D eigenvalue weighted by Crippen LogP contribution is 2.34. The van der Waals surface area contributed by atoms with Crippen LogP contribution in [-0.4, -0.2) is 10.1 Å². The predicted molar refractivity (Wildman–Crippen MR) is 56.4 cm³/mol. The molecule has 0 amide bonds. The topological polar surface area (TPSA) is 17.1 Å². The largest absolute Gasteiger partial charge is 0.293 e. The van der Waals surface area contributed by atoms with Crippen molar-refractivity contribution in [1.29, 1.82) is 0 Å². The van der Waals surface area contributed by atoms with Gasteiger partial charge in [0.2, 0.25) is 0 Å². The lowest BCUT2D eigenvalue weighted by Crippen LogP contribution is -2.33. The second-order valence-electron chi connectivity index (χ2n) is 3.68. The maximum atomic E-state index is 11.9. The molecule has 1 unspecified atom stereocenters. The van der Waals surface area contributed by atoms with Gasteiger partial charge in [-0.25, -0.2) is 0 Å². The van der Waals surface area contributed by atoms with Crippen molar-refractivity contribution < 1.29 is 4.79 Å². The molecule has 0 aromatic heterocycles. The Balaban J connectivity index is 2.52. The Morgan fingerprint density at radius 1 is 1.38 bits per heavy atom. The van der Waals surface area contributed by atoms with E-state index in [1.807, 2.05) is 31.2 Å². The predicted octanol–water partition coefficient (Wildman–Crippen LogP) is 2.97. The van der Waals surface area contributed by atoms with Crippen LogP contribution in [-0.2, 0) is 6.42 Å². The number of fused-ring (bicyclic) bond motifs is 1. The standard InChI is InChI=1S/C11H11BrO/c1-11(12)7-6-8-4-2-3-5-9(8)10(11)13/h2-5H,6-7H2,1H3. The van der Waals surface area contributed by atoms with Gasteiger partial charge < -0.3 is 0 Å². The Morgan fingerprint density at radius 2 is 2.08 bits per heavy atom. The number of carbonyl (C=O) groups excluding carboxylic acids is 1. The molecule has 1 aliphatic carbocycles. The summed E-state index contributed by atoms with van der Waals surface area (Å²) in [7, 11) is 0. The molecule has 68 valence electrons. The zero-order chi connectivity index (χ0) is 9.47. The van der Waals surface area contributed by atoms with Crippen LogP contribution >= 0.6 is 15.9 Å². The van der Waals surface area contributed by atoms with Gasteiger partial charge in [-0.3, -0.25) is 4.79 Å². The number of halogens is 1. The number of hydrogen-bond donors (Lipinski definition) is 0. The maximum Gasteiger partial charge on any atom is 0.179 e. The fraction of sp³-hybridized carbons (Fsp3) is 0.364. The molecule has 0 heterocycles. The van der Waals surface area contributed by atoms with Gasteiger partial charge in [-0.2, -0.15) is 0 Å². The third-order valence-electron chi connectivity index (χ3n) is 2.60. The van der Waals surface area contributed by atoms with Crippen molar-refractivity contribution in [3.05, 3.63) is 35.4 Å². The minimum Gasteiger partial charge on any atom is -0.293 e. The molecule has 1 nitrogen and oxygen atoms in total. The molecular weight excluding hydrogens is 228 g/mol. The lowest BCUT2D eigenvalue weighted by Gasteiger charge is -2.27. The Hall–Kier alpha value is -0.630. The number of benzene rings is 1. The highest BCUT2D eigenvalue weighted by molar-refractivity contribution is 9.10. The smallest absolute Gasteiger partial charge is 0.179 e. The van der Waals surface area contributed by atoms with Gasteiger partial charge in [-0.1, -0.05) is 40.2 Å². The summed E-state index contributed by atoms with van der Waals surface area (Å²) in [4.78, 5) is 11.9. The number of rotatable bonds is 0. The summed E-state index contributed by atoms with van der Waals surface area (Å²) < 4.78 is -0.346. The highest BCUT2D eigenvalue weighted by Gasteiger charge is 2.35.